The summed E-state index contributed by atoms with van der Waals surface area (Å²) >= 11 is 0. The molecule has 1 saturated heterocycles. The largest absolute Gasteiger partial charge is 0.493 e. The summed E-state index contributed by atoms with van der Waals surface area (Å²) < 4.78 is 40.4. The van der Waals surface area contributed by atoms with Gasteiger partial charge >= 0.3 is 0 Å². The summed E-state index contributed by atoms with van der Waals surface area (Å²) in [6.45, 7) is 5.77. The molecule has 2 aromatic carbocycles. The highest BCUT2D eigenvalue weighted by atomic mass is 32.2. The first kappa shape index (κ1) is 23.1. The Morgan fingerprint density at radius 1 is 1.12 bits per heavy atom. The van der Waals surface area contributed by atoms with E-state index in [0.29, 0.717) is 23.8 Å². The van der Waals surface area contributed by atoms with Crippen LogP contribution in [0.3, 0.4) is 0 Å². The molecule has 7 heteroatoms. The molecule has 32 heavy (non-hydrogen) atoms. The van der Waals surface area contributed by atoms with Crippen LogP contribution < -0.4 is 9.04 Å². The predicted octanol–water partition coefficient (Wildman–Crippen LogP) is 4.08. The van der Waals surface area contributed by atoms with E-state index >= 15 is 0 Å². The molecule has 2 aliphatic rings. The van der Waals surface area contributed by atoms with Crippen molar-refractivity contribution >= 4 is 15.7 Å². The van der Waals surface area contributed by atoms with Crippen LogP contribution in [0.4, 0.5) is 5.69 Å². The highest BCUT2D eigenvalue weighted by molar-refractivity contribution is 7.92. The van der Waals surface area contributed by atoms with E-state index < -0.39 is 10.0 Å². The van der Waals surface area contributed by atoms with Crippen LogP contribution in [0.25, 0.3) is 0 Å². The van der Waals surface area contributed by atoms with E-state index in [-0.39, 0.29) is 17.5 Å². The molecule has 2 aliphatic heterocycles. The summed E-state index contributed by atoms with van der Waals surface area (Å²) in [5.74, 6) is 0.954. The molecule has 0 aliphatic carbocycles. The molecule has 4 rings (SSSR count). The first-order chi connectivity index (χ1) is 15.4. The number of aliphatic hydroxyl groups excluding tert-OH is 1. The van der Waals surface area contributed by atoms with Gasteiger partial charge in [0.15, 0.2) is 0 Å². The number of aliphatic hydroxyl groups is 1. The van der Waals surface area contributed by atoms with Crippen molar-refractivity contribution in [1.82, 2.24) is 0 Å². The van der Waals surface area contributed by atoms with Crippen LogP contribution in [-0.2, 0) is 34.2 Å². The Labute approximate surface area is 191 Å². The number of rotatable bonds is 7. The fourth-order valence-electron chi connectivity index (χ4n) is 4.55. The molecule has 1 unspecified atom stereocenters. The van der Waals surface area contributed by atoms with Crippen molar-refractivity contribution in [3.8, 4) is 5.75 Å². The van der Waals surface area contributed by atoms with Crippen LogP contribution in [-0.4, -0.2) is 39.4 Å². The van der Waals surface area contributed by atoms with Gasteiger partial charge in [0.05, 0.1) is 23.8 Å². The van der Waals surface area contributed by atoms with Crippen molar-refractivity contribution in [2.24, 2.45) is 5.92 Å². The van der Waals surface area contributed by atoms with Gasteiger partial charge in [-0.25, -0.2) is 8.42 Å². The highest BCUT2D eigenvalue weighted by Gasteiger charge is 2.34. The maximum Gasteiger partial charge on any atom is 0.264 e. The van der Waals surface area contributed by atoms with Gasteiger partial charge in [-0.2, -0.15) is 0 Å². The van der Waals surface area contributed by atoms with Crippen LogP contribution in [0.5, 0.6) is 5.75 Å². The van der Waals surface area contributed by atoms with E-state index in [1.54, 1.807) is 22.5 Å². The number of benzene rings is 2. The van der Waals surface area contributed by atoms with Crippen molar-refractivity contribution in [1.29, 1.82) is 0 Å². The number of sulfonamides is 1. The van der Waals surface area contributed by atoms with Crippen molar-refractivity contribution in [3.63, 3.8) is 0 Å². The lowest BCUT2D eigenvalue weighted by molar-refractivity contribution is 0.0494. The van der Waals surface area contributed by atoms with E-state index in [1.807, 2.05) is 13.0 Å². The van der Waals surface area contributed by atoms with E-state index in [9.17, 15) is 13.5 Å². The van der Waals surface area contributed by atoms with E-state index in [4.69, 9.17) is 9.47 Å². The van der Waals surface area contributed by atoms with Gasteiger partial charge in [0.2, 0.25) is 0 Å². The third kappa shape index (κ3) is 4.65. The van der Waals surface area contributed by atoms with E-state index in [0.717, 1.165) is 62.1 Å². The van der Waals surface area contributed by atoms with Crippen molar-refractivity contribution in [2.75, 3.05) is 24.1 Å². The van der Waals surface area contributed by atoms with E-state index in [1.165, 1.54) is 0 Å². The number of fused-ring (bicyclic) bond motifs is 1. The lowest BCUT2D eigenvalue weighted by Crippen LogP contribution is -2.42. The first-order valence-corrected chi connectivity index (χ1v) is 13.0. The van der Waals surface area contributed by atoms with Crippen LogP contribution in [0.1, 0.15) is 49.8 Å². The Balaban J connectivity index is 1.62. The maximum atomic E-state index is 13.7. The Hall–Kier alpha value is -2.09. The molecule has 2 heterocycles. The maximum absolute atomic E-state index is 13.7. The Morgan fingerprint density at radius 2 is 1.91 bits per heavy atom. The molecule has 174 valence electrons. The SMILES string of the molecule is CCc1ccc2c(c1)N(S(=O)(=O)c1ccc(OCC3CCOCC3)c(CO)c1)C(C)CC2. The molecule has 6 nitrogen and oxygen atoms in total. The minimum atomic E-state index is -3.78. The standard InChI is InChI=1S/C25H33NO5S/c1-3-19-5-7-21-6-4-18(2)26(24(21)14-19)32(28,29)23-8-9-25(22(15-23)16-27)31-17-20-10-12-30-13-11-20/h5,7-9,14-15,18,20,27H,3-4,6,10-13,16-17H2,1-2H3. The van der Waals surface area contributed by atoms with Crippen molar-refractivity contribution in [3.05, 3.63) is 53.1 Å². The lowest BCUT2D eigenvalue weighted by atomic mass is 9.97. The average molecular weight is 460 g/mol. The number of hydrogen-bond donors (Lipinski definition) is 1. The molecule has 1 atom stereocenters. The van der Waals surface area contributed by atoms with Gasteiger partial charge in [0.1, 0.15) is 5.75 Å². The Bertz CT molecular complexity index is 1050. The summed E-state index contributed by atoms with van der Waals surface area (Å²) in [7, 11) is -3.78. The molecule has 0 saturated carbocycles. The molecule has 1 N–H and O–H groups in total. The number of anilines is 1. The quantitative estimate of drug-likeness (QED) is 0.675. The van der Waals surface area contributed by atoms with Crippen LogP contribution in [0.15, 0.2) is 41.3 Å². The van der Waals surface area contributed by atoms with Gasteiger partial charge in [-0.05, 0) is 80.3 Å². The van der Waals surface area contributed by atoms with Gasteiger partial charge < -0.3 is 14.6 Å². The second kappa shape index (κ2) is 9.81. The molecule has 0 radical (unpaired) electrons. The Morgan fingerprint density at radius 3 is 2.62 bits per heavy atom. The minimum absolute atomic E-state index is 0.137. The lowest BCUT2D eigenvalue weighted by Gasteiger charge is -2.36. The summed E-state index contributed by atoms with van der Waals surface area (Å²) in [5.41, 5.74) is 3.44. The fourth-order valence-corrected chi connectivity index (χ4v) is 6.31. The molecule has 2 aromatic rings. The predicted molar refractivity (Wildman–Crippen MR) is 125 cm³/mol. The number of hydrogen-bond acceptors (Lipinski definition) is 5. The van der Waals surface area contributed by atoms with Crippen LogP contribution in [0, 0.1) is 5.92 Å². The van der Waals surface area contributed by atoms with Gasteiger partial charge in [-0.3, -0.25) is 4.31 Å². The molecule has 0 bridgehead atoms. The van der Waals surface area contributed by atoms with Gasteiger partial charge in [-0.15, -0.1) is 0 Å². The second-order valence-corrected chi connectivity index (χ2v) is 10.6. The number of ether oxygens (including phenoxy) is 2. The first-order valence-electron chi connectivity index (χ1n) is 11.5. The van der Waals surface area contributed by atoms with Crippen LogP contribution in [0.2, 0.25) is 0 Å². The second-order valence-electron chi connectivity index (χ2n) is 8.80. The topological polar surface area (TPSA) is 76.1 Å². The monoisotopic (exact) mass is 459 g/mol. The third-order valence-electron chi connectivity index (χ3n) is 6.60. The zero-order valence-electron chi connectivity index (χ0n) is 18.9. The smallest absolute Gasteiger partial charge is 0.264 e. The summed E-state index contributed by atoms with van der Waals surface area (Å²) in [6, 6.07) is 10.8. The Kier molecular flexibility index (Phi) is 7.08. The molecule has 0 spiro atoms. The molecule has 1 fully saturated rings. The molecular formula is C25H33NO5S. The number of nitrogens with zero attached hydrogens (tertiary/aromatic N) is 1. The van der Waals surface area contributed by atoms with E-state index in [2.05, 4.69) is 19.1 Å². The van der Waals surface area contributed by atoms with Crippen LogP contribution >= 0.6 is 0 Å². The minimum Gasteiger partial charge on any atom is -0.493 e. The molecular weight excluding hydrogens is 426 g/mol. The zero-order valence-corrected chi connectivity index (χ0v) is 19.7. The van der Waals surface area contributed by atoms with Crippen molar-refractivity contribution < 1.29 is 23.0 Å². The van der Waals surface area contributed by atoms with Gasteiger partial charge in [0, 0.05) is 24.8 Å². The number of aryl methyl sites for hydroxylation is 2. The molecule has 0 aromatic heterocycles. The average Bonchev–Trinajstić information content (AvgIpc) is 2.82. The van der Waals surface area contributed by atoms with Gasteiger partial charge in [0.25, 0.3) is 10.0 Å². The summed E-state index contributed by atoms with van der Waals surface area (Å²) in [6.07, 6.45) is 4.40. The zero-order chi connectivity index (χ0) is 22.7. The third-order valence-corrected chi connectivity index (χ3v) is 8.53. The fraction of sp³-hybridized carbons (Fsp3) is 0.520. The summed E-state index contributed by atoms with van der Waals surface area (Å²) in [5, 5.41) is 9.93. The highest BCUT2D eigenvalue weighted by Crippen LogP contribution is 2.37. The van der Waals surface area contributed by atoms with Gasteiger partial charge in [-0.1, -0.05) is 19.1 Å². The summed E-state index contributed by atoms with van der Waals surface area (Å²) in [4.78, 5) is 0.182. The van der Waals surface area contributed by atoms with Crippen molar-refractivity contribution in [2.45, 2.75) is 63.5 Å². The normalized spacial score (nSPS) is 19.6. The molecule has 0 amide bonds.